The second-order valence-electron chi connectivity index (χ2n) is 1.91. The molecule has 0 unspecified atom stereocenters. The van der Waals surface area contributed by atoms with Gasteiger partial charge in [-0.15, -0.1) is 0 Å². The molecule has 0 saturated carbocycles. The Morgan fingerprint density at radius 3 is 2.70 bits per heavy atom. The zero-order chi connectivity index (χ0) is 7.56. The van der Waals surface area contributed by atoms with Crippen molar-refractivity contribution in [1.29, 1.82) is 0 Å². The molecule has 1 N–H and O–H groups in total. The van der Waals surface area contributed by atoms with Crippen LogP contribution in [0.15, 0.2) is 29.3 Å². The van der Waals surface area contributed by atoms with Crippen molar-refractivity contribution in [1.82, 2.24) is 0 Å². The quantitative estimate of drug-likeness (QED) is 0.737. The number of phenols is 1. The van der Waals surface area contributed by atoms with Crippen LogP contribution < -0.4 is 0 Å². The maximum Gasteiger partial charge on any atom is 0.116 e. The molecule has 1 aromatic rings. The molecular weight excluding hydrogens is 192 g/mol. The molecule has 0 saturated heterocycles. The van der Waals surface area contributed by atoms with Crippen molar-refractivity contribution in [2.24, 2.45) is 0 Å². The summed E-state index contributed by atoms with van der Waals surface area (Å²) < 4.78 is 0.863. The summed E-state index contributed by atoms with van der Waals surface area (Å²) in [5.41, 5.74) is 0.984. The lowest BCUT2D eigenvalue weighted by molar-refractivity contribution is 0.475. The SMILES string of the molecule is C=Cc1ccc(O)cc1Br. The minimum Gasteiger partial charge on any atom is -0.508 e. The summed E-state index contributed by atoms with van der Waals surface area (Å²) in [5.74, 6) is 0.262. The molecule has 2 heteroatoms. The molecule has 0 atom stereocenters. The smallest absolute Gasteiger partial charge is 0.116 e. The molecular formula is C8H7BrO. The molecule has 1 aromatic carbocycles. The van der Waals surface area contributed by atoms with Gasteiger partial charge in [-0.05, 0) is 17.7 Å². The zero-order valence-corrected chi connectivity index (χ0v) is 6.93. The van der Waals surface area contributed by atoms with Gasteiger partial charge in [-0.3, -0.25) is 0 Å². The van der Waals surface area contributed by atoms with E-state index in [0.29, 0.717) is 0 Å². The molecule has 0 heterocycles. The van der Waals surface area contributed by atoms with Crippen molar-refractivity contribution >= 4 is 22.0 Å². The van der Waals surface area contributed by atoms with E-state index in [1.165, 1.54) is 0 Å². The predicted octanol–water partition coefficient (Wildman–Crippen LogP) is 2.80. The van der Waals surface area contributed by atoms with Gasteiger partial charge in [0.2, 0.25) is 0 Å². The molecule has 0 aliphatic carbocycles. The molecule has 0 fully saturated rings. The molecule has 10 heavy (non-hydrogen) atoms. The molecule has 52 valence electrons. The van der Waals surface area contributed by atoms with Gasteiger partial charge in [0.15, 0.2) is 0 Å². The van der Waals surface area contributed by atoms with Gasteiger partial charge in [-0.1, -0.05) is 34.7 Å². The zero-order valence-electron chi connectivity index (χ0n) is 5.34. The first-order valence-corrected chi connectivity index (χ1v) is 3.64. The van der Waals surface area contributed by atoms with Gasteiger partial charge in [0.05, 0.1) is 0 Å². The van der Waals surface area contributed by atoms with E-state index in [2.05, 4.69) is 22.5 Å². The Morgan fingerprint density at radius 2 is 2.20 bits per heavy atom. The average molecular weight is 199 g/mol. The summed E-state index contributed by atoms with van der Waals surface area (Å²) in [7, 11) is 0. The molecule has 0 amide bonds. The van der Waals surface area contributed by atoms with Gasteiger partial charge in [-0.2, -0.15) is 0 Å². The van der Waals surface area contributed by atoms with Gasteiger partial charge >= 0.3 is 0 Å². The van der Waals surface area contributed by atoms with Crippen LogP contribution in [0, 0.1) is 0 Å². The largest absolute Gasteiger partial charge is 0.508 e. The van der Waals surface area contributed by atoms with E-state index in [1.807, 2.05) is 0 Å². The van der Waals surface area contributed by atoms with Crippen LogP contribution in [0.1, 0.15) is 5.56 Å². The Labute approximate surface area is 68.1 Å². The summed E-state index contributed by atoms with van der Waals surface area (Å²) in [5, 5.41) is 8.97. The topological polar surface area (TPSA) is 20.2 Å². The van der Waals surface area contributed by atoms with Crippen LogP contribution in [0.25, 0.3) is 6.08 Å². The summed E-state index contributed by atoms with van der Waals surface area (Å²) in [6.45, 7) is 3.61. The first-order valence-electron chi connectivity index (χ1n) is 2.85. The third kappa shape index (κ3) is 1.39. The number of benzene rings is 1. The van der Waals surface area contributed by atoms with Gasteiger partial charge in [0.25, 0.3) is 0 Å². The number of phenolic OH excluding ortho intramolecular Hbond substituents is 1. The van der Waals surface area contributed by atoms with Crippen LogP contribution >= 0.6 is 15.9 Å². The summed E-state index contributed by atoms with van der Waals surface area (Å²) in [4.78, 5) is 0. The molecule has 0 spiro atoms. The van der Waals surface area contributed by atoms with Gasteiger partial charge in [0.1, 0.15) is 5.75 Å². The average Bonchev–Trinajstić information content (AvgIpc) is 1.88. The molecule has 1 rings (SSSR count). The molecule has 0 bridgehead atoms. The van der Waals surface area contributed by atoms with E-state index >= 15 is 0 Å². The standard InChI is InChI=1S/C8H7BrO/c1-2-6-3-4-7(10)5-8(6)9/h2-5,10H,1H2. The Hall–Kier alpha value is -0.760. The highest BCUT2D eigenvalue weighted by Gasteiger charge is 1.94. The Balaban J connectivity index is 3.19. The molecule has 0 radical (unpaired) electrons. The fourth-order valence-electron chi connectivity index (χ4n) is 0.682. The Bertz CT molecular complexity index is 255. The Kier molecular flexibility index (Phi) is 2.12. The predicted molar refractivity (Wildman–Crippen MR) is 45.9 cm³/mol. The molecule has 0 aliphatic rings. The summed E-state index contributed by atoms with van der Waals surface area (Å²) >= 11 is 3.28. The first-order chi connectivity index (χ1) is 4.74. The van der Waals surface area contributed by atoms with Gasteiger partial charge in [-0.25, -0.2) is 0 Å². The fourth-order valence-corrected chi connectivity index (χ4v) is 1.21. The van der Waals surface area contributed by atoms with Crippen molar-refractivity contribution in [3.8, 4) is 5.75 Å². The highest BCUT2D eigenvalue weighted by Crippen LogP contribution is 2.22. The van der Waals surface area contributed by atoms with Crippen LogP contribution in [0.4, 0.5) is 0 Å². The summed E-state index contributed by atoms with van der Waals surface area (Å²) in [6.07, 6.45) is 1.73. The lowest BCUT2D eigenvalue weighted by atomic mass is 10.2. The van der Waals surface area contributed by atoms with Crippen LogP contribution in [-0.2, 0) is 0 Å². The molecule has 0 aromatic heterocycles. The van der Waals surface area contributed by atoms with E-state index in [-0.39, 0.29) is 5.75 Å². The van der Waals surface area contributed by atoms with Crippen molar-refractivity contribution in [3.63, 3.8) is 0 Å². The van der Waals surface area contributed by atoms with E-state index in [1.54, 1.807) is 24.3 Å². The molecule has 1 nitrogen and oxygen atoms in total. The highest BCUT2D eigenvalue weighted by molar-refractivity contribution is 9.10. The van der Waals surface area contributed by atoms with Crippen LogP contribution in [0.3, 0.4) is 0 Å². The van der Waals surface area contributed by atoms with Crippen molar-refractivity contribution in [2.45, 2.75) is 0 Å². The fraction of sp³-hybridized carbons (Fsp3) is 0. The van der Waals surface area contributed by atoms with Gasteiger partial charge in [0, 0.05) is 4.47 Å². The summed E-state index contributed by atoms with van der Waals surface area (Å²) in [6, 6.07) is 5.06. The number of hydrogen-bond acceptors (Lipinski definition) is 1. The third-order valence-corrected chi connectivity index (χ3v) is 1.89. The van der Waals surface area contributed by atoms with Crippen molar-refractivity contribution in [2.75, 3.05) is 0 Å². The molecule has 0 aliphatic heterocycles. The van der Waals surface area contributed by atoms with E-state index in [4.69, 9.17) is 5.11 Å². The van der Waals surface area contributed by atoms with E-state index in [0.717, 1.165) is 10.0 Å². The van der Waals surface area contributed by atoms with Crippen LogP contribution in [-0.4, -0.2) is 5.11 Å². The van der Waals surface area contributed by atoms with Gasteiger partial charge < -0.3 is 5.11 Å². The number of hydrogen-bond donors (Lipinski definition) is 1. The maximum absolute atomic E-state index is 8.97. The minimum atomic E-state index is 0.262. The number of rotatable bonds is 1. The number of halogens is 1. The third-order valence-electron chi connectivity index (χ3n) is 1.20. The second kappa shape index (κ2) is 2.88. The van der Waals surface area contributed by atoms with E-state index in [9.17, 15) is 0 Å². The Morgan fingerprint density at radius 1 is 1.50 bits per heavy atom. The van der Waals surface area contributed by atoms with Crippen molar-refractivity contribution in [3.05, 3.63) is 34.8 Å². The monoisotopic (exact) mass is 198 g/mol. The van der Waals surface area contributed by atoms with Crippen LogP contribution in [0.5, 0.6) is 5.75 Å². The van der Waals surface area contributed by atoms with Crippen molar-refractivity contribution < 1.29 is 5.11 Å². The first kappa shape index (κ1) is 7.35. The maximum atomic E-state index is 8.97. The normalized spacial score (nSPS) is 9.30. The van der Waals surface area contributed by atoms with E-state index < -0.39 is 0 Å². The highest BCUT2D eigenvalue weighted by atomic mass is 79.9. The minimum absolute atomic E-state index is 0.262. The second-order valence-corrected chi connectivity index (χ2v) is 2.76. The lowest BCUT2D eigenvalue weighted by Gasteiger charge is -1.97. The lowest BCUT2D eigenvalue weighted by Crippen LogP contribution is -1.72. The number of aromatic hydroxyl groups is 1. The van der Waals surface area contributed by atoms with Crippen LogP contribution in [0.2, 0.25) is 0 Å².